The van der Waals surface area contributed by atoms with E-state index in [0.29, 0.717) is 23.4 Å². The minimum Gasteiger partial charge on any atom is -0.334 e. The zero-order valence-electron chi connectivity index (χ0n) is 11.1. The fourth-order valence-corrected chi connectivity index (χ4v) is 2.98. The number of halogens is 2. The van der Waals surface area contributed by atoms with Crippen molar-refractivity contribution in [2.75, 3.05) is 20.1 Å². The van der Waals surface area contributed by atoms with Crippen molar-refractivity contribution in [2.24, 2.45) is 0 Å². The van der Waals surface area contributed by atoms with Crippen molar-refractivity contribution in [2.45, 2.75) is 18.4 Å². The largest absolute Gasteiger partial charge is 0.334 e. The zero-order valence-corrected chi connectivity index (χ0v) is 13.5. The normalized spacial score (nSPS) is 18.3. The Labute approximate surface area is 131 Å². The first-order valence-corrected chi connectivity index (χ1v) is 7.50. The molecule has 20 heavy (non-hydrogen) atoms. The van der Waals surface area contributed by atoms with Crippen LogP contribution >= 0.6 is 27.5 Å². The number of carbonyl (C=O) groups is 1. The van der Waals surface area contributed by atoms with E-state index in [1.807, 2.05) is 7.05 Å². The van der Waals surface area contributed by atoms with E-state index in [4.69, 9.17) is 11.6 Å². The van der Waals surface area contributed by atoms with Gasteiger partial charge < -0.3 is 10.2 Å². The molecule has 1 aromatic carbocycles. The summed E-state index contributed by atoms with van der Waals surface area (Å²) in [5, 5.41) is 12.6. The van der Waals surface area contributed by atoms with E-state index in [2.05, 4.69) is 32.2 Å². The summed E-state index contributed by atoms with van der Waals surface area (Å²) in [4.78, 5) is 14.5. The first-order valence-electron chi connectivity index (χ1n) is 6.33. The molecule has 0 saturated carbocycles. The summed E-state index contributed by atoms with van der Waals surface area (Å²) in [5.41, 5.74) is -0.400. The predicted molar refractivity (Wildman–Crippen MR) is 81.7 cm³/mol. The first kappa shape index (κ1) is 15.3. The monoisotopic (exact) mass is 355 g/mol. The van der Waals surface area contributed by atoms with Crippen molar-refractivity contribution in [3.63, 3.8) is 0 Å². The Morgan fingerprint density at radius 2 is 2.15 bits per heavy atom. The van der Waals surface area contributed by atoms with Gasteiger partial charge in [0.1, 0.15) is 5.54 Å². The number of hydrogen-bond donors (Lipinski definition) is 1. The van der Waals surface area contributed by atoms with Crippen LogP contribution in [0.4, 0.5) is 0 Å². The van der Waals surface area contributed by atoms with Crippen LogP contribution in [0.1, 0.15) is 23.2 Å². The van der Waals surface area contributed by atoms with Crippen LogP contribution < -0.4 is 5.32 Å². The van der Waals surface area contributed by atoms with Gasteiger partial charge in [-0.05, 0) is 38.1 Å². The van der Waals surface area contributed by atoms with E-state index in [1.54, 1.807) is 18.2 Å². The van der Waals surface area contributed by atoms with Crippen molar-refractivity contribution < 1.29 is 4.79 Å². The summed E-state index contributed by atoms with van der Waals surface area (Å²) in [6.07, 6.45) is 1.25. The van der Waals surface area contributed by atoms with E-state index in [9.17, 15) is 10.1 Å². The molecule has 106 valence electrons. The second kappa shape index (κ2) is 6.13. The van der Waals surface area contributed by atoms with Crippen molar-refractivity contribution >= 4 is 33.4 Å². The molecule has 1 saturated heterocycles. The molecule has 1 heterocycles. The smallest absolute Gasteiger partial charge is 0.254 e. The first-order chi connectivity index (χ1) is 9.46. The van der Waals surface area contributed by atoms with Crippen LogP contribution in [-0.4, -0.2) is 36.5 Å². The number of amides is 1. The second-order valence-electron chi connectivity index (χ2n) is 5.08. The summed E-state index contributed by atoms with van der Waals surface area (Å²) in [6, 6.07) is 7.34. The summed E-state index contributed by atoms with van der Waals surface area (Å²) in [6.45, 7) is 1.59. The average molecular weight is 357 g/mol. The third kappa shape index (κ3) is 3.32. The highest BCUT2D eigenvalue weighted by Crippen LogP contribution is 2.24. The van der Waals surface area contributed by atoms with Crippen LogP contribution in [0.5, 0.6) is 0 Å². The fourth-order valence-electron chi connectivity index (χ4n) is 2.22. The molecule has 1 N–H and O–H groups in total. The third-order valence-corrected chi connectivity index (χ3v) is 4.39. The molecule has 0 spiro atoms. The van der Waals surface area contributed by atoms with Crippen LogP contribution in [0.3, 0.4) is 0 Å². The molecule has 1 aliphatic heterocycles. The van der Waals surface area contributed by atoms with Gasteiger partial charge in [0, 0.05) is 17.6 Å². The summed E-state index contributed by atoms with van der Waals surface area (Å²) in [7, 11) is 2.01. The summed E-state index contributed by atoms with van der Waals surface area (Å²) < 4.78 is 0.813. The minimum atomic E-state index is -0.792. The predicted octanol–water partition coefficient (Wildman–Crippen LogP) is 2.82. The maximum atomic E-state index is 12.3. The zero-order chi connectivity index (χ0) is 14.8. The van der Waals surface area contributed by atoms with Gasteiger partial charge in [0.2, 0.25) is 0 Å². The highest BCUT2D eigenvalue weighted by Gasteiger charge is 2.35. The Bertz CT molecular complexity index is 562. The highest BCUT2D eigenvalue weighted by molar-refractivity contribution is 9.10. The fraction of sp³-hybridized carbons (Fsp3) is 0.429. The summed E-state index contributed by atoms with van der Waals surface area (Å²) in [5.74, 6) is -0.298. The molecule has 1 aromatic rings. The minimum absolute atomic E-state index is 0.298. The molecule has 2 rings (SSSR count). The molecule has 0 radical (unpaired) electrons. The molecule has 1 fully saturated rings. The highest BCUT2D eigenvalue weighted by atomic mass is 79.9. The second-order valence-corrected chi connectivity index (χ2v) is 6.40. The third-order valence-electron chi connectivity index (χ3n) is 3.58. The van der Waals surface area contributed by atoms with E-state index < -0.39 is 5.54 Å². The Kier molecular flexibility index (Phi) is 4.69. The molecular weight excluding hydrogens is 342 g/mol. The summed E-state index contributed by atoms with van der Waals surface area (Å²) >= 11 is 9.37. The number of hydrogen-bond acceptors (Lipinski definition) is 3. The number of nitriles is 1. The molecule has 1 amide bonds. The van der Waals surface area contributed by atoms with Crippen LogP contribution in [-0.2, 0) is 0 Å². The van der Waals surface area contributed by atoms with Crippen LogP contribution in [0, 0.1) is 11.3 Å². The lowest BCUT2D eigenvalue weighted by Crippen LogP contribution is -2.53. The van der Waals surface area contributed by atoms with Gasteiger partial charge >= 0.3 is 0 Å². The number of piperidine rings is 1. The molecule has 0 bridgehead atoms. The molecule has 0 unspecified atom stereocenters. The van der Waals surface area contributed by atoms with Gasteiger partial charge in [-0.2, -0.15) is 5.26 Å². The molecule has 0 aliphatic carbocycles. The maximum absolute atomic E-state index is 12.3. The van der Waals surface area contributed by atoms with Gasteiger partial charge in [0.25, 0.3) is 5.91 Å². The quantitative estimate of drug-likeness (QED) is 0.886. The van der Waals surface area contributed by atoms with E-state index in [1.165, 1.54) is 0 Å². The molecular formula is C14H15BrClN3O. The Balaban J connectivity index is 2.16. The maximum Gasteiger partial charge on any atom is 0.254 e. The Hall–Kier alpha value is -1.09. The van der Waals surface area contributed by atoms with E-state index >= 15 is 0 Å². The van der Waals surface area contributed by atoms with Gasteiger partial charge in [-0.3, -0.25) is 4.79 Å². The lowest BCUT2D eigenvalue weighted by molar-refractivity contribution is 0.0882. The van der Waals surface area contributed by atoms with Crippen LogP contribution in [0.2, 0.25) is 5.02 Å². The van der Waals surface area contributed by atoms with Crippen molar-refractivity contribution in [3.8, 4) is 6.07 Å². The van der Waals surface area contributed by atoms with E-state index in [-0.39, 0.29) is 5.91 Å². The van der Waals surface area contributed by atoms with Crippen molar-refractivity contribution in [1.29, 1.82) is 5.26 Å². The van der Waals surface area contributed by atoms with Crippen molar-refractivity contribution in [3.05, 3.63) is 33.3 Å². The van der Waals surface area contributed by atoms with Crippen LogP contribution in [0.15, 0.2) is 22.7 Å². The SMILES string of the molecule is CN1CCC(C#N)(NC(=O)c2ccc(Br)cc2Cl)CC1. The number of carbonyl (C=O) groups excluding carboxylic acids is 1. The Morgan fingerprint density at radius 1 is 1.50 bits per heavy atom. The lowest BCUT2D eigenvalue weighted by atomic mass is 9.89. The number of likely N-dealkylation sites (tertiary alicyclic amines) is 1. The number of rotatable bonds is 2. The number of benzene rings is 1. The molecule has 0 atom stereocenters. The van der Waals surface area contributed by atoms with Gasteiger partial charge in [0.15, 0.2) is 0 Å². The average Bonchev–Trinajstić information content (AvgIpc) is 2.41. The van der Waals surface area contributed by atoms with E-state index in [0.717, 1.165) is 17.6 Å². The van der Waals surface area contributed by atoms with Gasteiger partial charge in [0.05, 0.1) is 16.7 Å². The molecule has 6 heteroatoms. The number of nitrogens with one attached hydrogen (secondary N) is 1. The van der Waals surface area contributed by atoms with Gasteiger partial charge in [-0.15, -0.1) is 0 Å². The van der Waals surface area contributed by atoms with Crippen molar-refractivity contribution in [1.82, 2.24) is 10.2 Å². The molecule has 0 aromatic heterocycles. The standard InChI is InChI=1S/C14H15BrClN3O/c1-19-6-4-14(9-17,5-7-19)18-13(20)11-3-2-10(15)8-12(11)16/h2-3,8H,4-7H2,1H3,(H,18,20). The molecule has 4 nitrogen and oxygen atoms in total. The van der Waals surface area contributed by atoms with Crippen LogP contribution in [0.25, 0.3) is 0 Å². The molecule has 1 aliphatic rings. The number of nitrogens with zero attached hydrogens (tertiary/aromatic N) is 2. The lowest BCUT2D eigenvalue weighted by Gasteiger charge is -2.36. The topological polar surface area (TPSA) is 56.1 Å². The van der Waals surface area contributed by atoms with Gasteiger partial charge in [-0.1, -0.05) is 27.5 Å². The Morgan fingerprint density at radius 3 is 2.70 bits per heavy atom. The van der Waals surface area contributed by atoms with Gasteiger partial charge in [-0.25, -0.2) is 0 Å².